The van der Waals surface area contributed by atoms with Gasteiger partial charge in [0.1, 0.15) is 0 Å². The average molecular weight is 408 g/mol. The van der Waals surface area contributed by atoms with Crippen molar-refractivity contribution >= 4 is 11.8 Å². The monoisotopic (exact) mass is 408 g/mol. The van der Waals surface area contributed by atoms with Gasteiger partial charge in [-0.15, -0.1) is 0 Å². The molecule has 0 bridgehead atoms. The fraction of sp³-hybridized carbons (Fsp3) is 0.417. The Morgan fingerprint density at radius 3 is 2.60 bits per heavy atom. The molecule has 0 spiro atoms. The fourth-order valence-corrected chi connectivity index (χ4v) is 4.12. The first kappa shape index (κ1) is 20.3. The Kier molecular flexibility index (Phi) is 5.93. The zero-order valence-electron chi connectivity index (χ0n) is 17.5. The Bertz CT molecular complexity index is 925. The molecule has 2 unspecified atom stereocenters. The summed E-state index contributed by atoms with van der Waals surface area (Å²) < 4.78 is 10.7. The van der Waals surface area contributed by atoms with E-state index in [-0.39, 0.29) is 30.4 Å². The maximum atomic E-state index is 13.2. The standard InChI is InChI=1S/C24H28N2O4/c1-3-4-11-25-23(27)20-14-26(13-19(20)17-7-5-16(2)6-8-17)24(28)18-9-10-21-22(12-18)30-15-29-21/h5-10,12,19-20H,3-4,11,13-15H2,1-2H3,(H,25,27). The van der Waals surface area contributed by atoms with E-state index in [9.17, 15) is 9.59 Å². The second-order valence-corrected chi connectivity index (χ2v) is 8.05. The molecule has 2 heterocycles. The molecule has 1 fully saturated rings. The molecule has 2 aromatic carbocycles. The van der Waals surface area contributed by atoms with Crippen LogP contribution in [-0.4, -0.2) is 43.1 Å². The van der Waals surface area contributed by atoms with Crippen LogP contribution in [0.25, 0.3) is 0 Å². The van der Waals surface area contributed by atoms with E-state index < -0.39 is 0 Å². The molecular weight excluding hydrogens is 380 g/mol. The zero-order valence-corrected chi connectivity index (χ0v) is 17.5. The van der Waals surface area contributed by atoms with Gasteiger partial charge in [0.2, 0.25) is 12.7 Å². The molecule has 158 valence electrons. The number of hydrogen-bond donors (Lipinski definition) is 1. The van der Waals surface area contributed by atoms with Gasteiger partial charge in [0.05, 0.1) is 5.92 Å². The van der Waals surface area contributed by atoms with Gasteiger partial charge in [-0.05, 0) is 37.1 Å². The molecule has 30 heavy (non-hydrogen) atoms. The largest absolute Gasteiger partial charge is 0.454 e. The molecule has 6 nitrogen and oxygen atoms in total. The SMILES string of the molecule is CCCCNC(=O)C1CN(C(=O)c2ccc3c(c2)OCO3)CC1c1ccc(C)cc1. The number of benzene rings is 2. The van der Waals surface area contributed by atoms with Crippen molar-refractivity contribution < 1.29 is 19.1 Å². The van der Waals surface area contributed by atoms with E-state index in [4.69, 9.17) is 9.47 Å². The highest BCUT2D eigenvalue weighted by molar-refractivity contribution is 5.96. The van der Waals surface area contributed by atoms with Crippen molar-refractivity contribution in [2.24, 2.45) is 5.92 Å². The summed E-state index contributed by atoms with van der Waals surface area (Å²) in [5.41, 5.74) is 2.82. The van der Waals surface area contributed by atoms with Crippen molar-refractivity contribution in [3.8, 4) is 11.5 Å². The number of ether oxygens (including phenoxy) is 2. The van der Waals surface area contributed by atoms with E-state index >= 15 is 0 Å². The topological polar surface area (TPSA) is 67.9 Å². The van der Waals surface area contributed by atoms with Crippen LogP contribution in [0, 0.1) is 12.8 Å². The molecule has 0 aromatic heterocycles. The molecule has 2 aliphatic rings. The maximum Gasteiger partial charge on any atom is 0.254 e. The second-order valence-electron chi connectivity index (χ2n) is 8.05. The Labute approximate surface area is 177 Å². The third-order valence-corrected chi connectivity index (χ3v) is 5.90. The zero-order chi connectivity index (χ0) is 21.1. The van der Waals surface area contributed by atoms with Crippen LogP contribution in [0.3, 0.4) is 0 Å². The number of hydrogen-bond acceptors (Lipinski definition) is 4. The highest BCUT2D eigenvalue weighted by Gasteiger charge is 2.40. The molecule has 0 radical (unpaired) electrons. The molecule has 2 aromatic rings. The van der Waals surface area contributed by atoms with Crippen LogP contribution in [0.15, 0.2) is 42.5 Å². The van der Waals surface area contributed by atoms with Gasteiger partial charge in [0.15, 0.2) is 11.5 Å². The lowest BCUT2D eigenvalue weighted by molar-refractivity contribution is -0.124. The van der Waals surface area contributed by atoms with Gasteiger partial charge in [-0.1, -0.05) is 43.2 Å². The molecule has 2 aliphatic heterocycles. The minimum atomic E-state index is -0.262. The lowest BCUT2D eigenvalue weighted by Gasteiger charge is -2.18. The summed E-state index contributed by atoms with van der Waals surface area (Å²) in [4.78, 5) is 27.9. The minimum absolute atomic E-state index is 0.0230. The van der Waals surface area contributed by atoms with Gasteiger partial charge in [-0.2, -0.15) is 0 Å². The highest BCUT2D eigenvalue weighted by atomic mass is 16.7. The van der Waals surface area contributed by atoms with Crippen LogP contribution in [0.4, 0.5) is 0 Å². The quantitative estimate of drug-likeness (QED) is 0.743. The summed E-state index contributed by atoms with van der Waals surface area (Å²) in [5, 5.41) is 3.06. The van der Waals surface area contributed by atoms with Gasteiger partial charge in [-0.3, -0.25) is 9.59 Å². The molecule has 1 saturated heterocycles. The number of carbonyl (C=O) groups excluding carboxylic acids is 2. The molecule has 2 atom stereocenters. The van der Waals surface area contributed by atoms with Crippen LogP contribution >= 0.6 is 0 Å². The first-order valence-electron chi connectivity index (χ1n) is 10.6. The number of nitrogens with zero attached hydrogens (tertiary/aromatic N) is 1. The van der Waals surface area contributed by atoms with E-state index in [1.807, 2.05) is 6.92 Å². The molecular formula is C24H28N2O4. The molecule has 0 saturated carbocycles. The van der Waals surface area contributed by atoms with Crippen LogP contribution in [0.2, 0.25) is 0 Å². The summed E-state index contributed by atoms with van der Waals surface area (Å²) in [6.07, 6.45) is 1.98. The van der Waals surface area contributed by atoms with Crippen LogP contribution in [0.5, 0.6) is 11.5 Å². The van der Waals surface area contributed by atoms with Gasteiger partial charge in [0, 0.05) is 31.1 Å². The molecule has 1 N–H and O–H groups in total. The van der Waals surface area contributed by atoms with Gasteiger partial charge in [-0.25, -0.2) is 0 Å². The Balaban J connectivity index is 1.55. The minimum Gasteiger partial charge on any atom is -0.454 e. The predicted octanol–water partition coefficient (Wildman–Crippen LogP) is 3.50. The summed E-state index contributed by atoms with van der Waals surface area (Å²) >= 11 is 0. The molecule has 6 heteroatoms. The Hall–Kier alpha value is -3.02. The Morgan fingerprint density at radius 2 is 1.83 bits per heavy atom. The van der Waals surface area contributed by atoms with E-state index in [1.54, 1.807) is 23.1 Å². The number of nitrogens with one attached hydrogen (secondary N) is 1. The van der Waals surface area contributed by atoms with Crippen molar-refractivity contribution in [2.45, 2.75) is 32.6 Å². The van der Waals surface area contributed by atoms with Crippen molar-refractivity contribution in [3.63, 3.8) is 0 Å². The lowest BCUT2D eigenvalue weighted by atomic mass is 9.88. The molecule has 0 aliphatic carbocycles. The van der Waals surface area contributed by atoms with E-state index in [0.717, 1.165) is 18.4 Å². The summed E-state index contributed by atoms with van der Waals surface area (Å²) in [5.74, 6) is 0.889. The van der Waals surface area contributed by atoms with Crippen LogP contribution in [0.1, 0.15) is 47.2 Å². The van der Waals surface area contributed by atoms with Crippen molar-refractivity contribution in [1.29, 1.82) is 0 Å². The first-order valence-corrected chi connectivity index (χ1v) is 10.6. The fourth-order valence-electron chi connectivity index (χ4n) is 4.12. The van der Waals surface area contributed by atoms with Gasteiger partial charge in [0.25, 0.3) is 5.91 Å². The third-order valence-electron chi connectivity index (χ3n) is 5.90. The smallest absolute Gasteiger partial charge is 0.254 e. The Morgan fingerprint density at radius 1 is 1.07 bits per heavy atom. The van der Waals surface area contributed by atoms with Crippen molar-refractivity contribution in [2.75, 3.05) is 26.4 Å². The van der Waals surface area contributed by atoms with E-state index in [1.165, 1.54) is 5.56 Å². The number of likely N-dealkylation sites (tertiary alicyclic amines) is 1. The molecule has 2 amide bonds. The number of unbranched alkanes of at least 4 members (excludes halogenated alkanes) is 1. The third kappa shape index (κ3) is 4.13. The maximum absolute atomic E-state index is 13.2. The lowest BCUT2D eigenvalue weighted by Crippen LogP contribution is -2.36. The second kappa shape index (κ2) is 8.78. The number of carbonyl (C=O) groups is 2. The number of aryl methyl sites for hydroxylation is 1. The summed E-state index contributed by atoms with van der Waals surface area (Å²) in [7, 11) is 0. The summed E-state index contributed by atoms with van der Waals surface area (Å²) in [6.45, 7) is 5.91. The van der Waals surface area contributed by atoms with E-state index in [0.29, 0.717) is 36.7 Å². The number of rotatable bonds is 6. The van der Waals surface area contributed by atoms with Crippen molar-refractivity contribution in [3.05, 3.63) is 59.2 Å². The summed E-state index contributed by atoms with van der Waals surface area (Å²) in [6, 6.07) is 13.5. The first-order chi connectivity index (χ1) is 14.6. The van der Waals surface area contributed by atoms with E-state index in [2.05, 4.69) is 36.5 Å². The van der Waals surface area contributed by atoms with Gasteiger partial charge < -0.3 is 19.7 Å². The number of fused-ring (bicyclic) bond motifs is 1. The van der Waals surface area contributed by atoms with Crippen LogP contribution < -0.4 is 14.8 Å². The highest BCUT2D eigenvalue weighted by Crippen LogP contribution is 2.36. The normalized spacial score (nSPS) is 19.7. The van der Waals surface area contributed by atoms with Gasteiger partial charge >= 0.3 is 0 Å². The predicted molar refractivity (Wildman–Crippen MR) is 114 cm³/mol. The van der Waals surface area contributed by atoms with Crippen molar-refractivity contribution in [1.82, 2.24) is 10.2 Å². The van der Waals surface area contributed by atoms with Crippen LogP contribution in [-0.2, 0) is 4.79 Å². The average Bonchev–Trinajstić information content (AvgIpc) is 3.40. The number of amides is 2. The molecule has 4 rings (SSSR count).